The van der Waals surface area contributed by atoms with Crippen molar-refractivity contribution in [1.29, 1.82) is 0 Å². The second kappa shape index (κ2) is 9.87. The normalized spacial score (nSPS) is 26.2. The molecule has 1 N–H and O–H groups in total. The minimum atomic E-state index is 0.00515. The standard InChI is InChI=1S/C30H38N4O2/c1-20-28(3-2-12-31-20)34-18-26(19-34)30(36)32-27-8-6-22(7-9-27)23-10-13-33(14-11-23)29(35)17-25-16-21-4-5-24(25)15-21/h2-3,6-9,12,21,23-26H,4-5,10-11,13-19H2,1H3,(H,32,36)/t21-,24-,25?/m0/s1. The summed E-state index contributed by atoms with van der Waals surface area (Å²) in [7, 11) is 0. The number of anilines is 2. The molecule has 2 saturated carbocycles. The number of nitrogens with zero attached hydrogens (tertiary/aromatic N) is 3. The van der Waals surface area contributed by atoms with Crippen LogP contribution in [0.3, 0.4) is 0 Å². The van der Waals surface area contributed by atoms with Gasteiger partial charge < -0.3 is 15.1 Å². The Bertz CT molecular complexity index is 1100. The maximum atomic E-state index is 12.9. The number of hydrogen-bond donors (Lipinski definition) is 1. The molecule has 2 amide bonds. The summed E-state index contributed by atoms with van der Waals surface area (Å²) in [5.41, 5.74) is 4.29. The zero-order chi connectivity index (χ0) is 24.6. The van der Waals surface area contributed by atoms with Gasteiger partial charge in [-0.1, -0.05) is 18.6 Å². The Hall–Kier alpha value is -2.89. The number of likely N-dealkylation sites (tertiary alicyclic amines) is 1. The molecule has 2 aliphatic heterocycles. The molecule has 6 rings (SSSR count). The number of nitrogens with one attached hydrogen (secondary N) is 1. The van der Waals surface area contributed by atoms with Gasteiger partial charge in [-0.15, -0.1) is 0 Å². The summed E-state index contributed by atoms with van der Waals surface area (Å²) >= 11 is 0. The SMILES string of the molecule is Cc1ncccc1N1CC(C(=O)Nc2ccc(C3CCN(C(=O)CC4C[C@H]5CC[C@H]4C5)CC3)cc2)C1. The van der Waals surface area contributed by atoms with Crippen molar-refractivity contribution >= 4 is 23.2 Å². The van der Waals surface area contributed by atoms with Crippen LogP contribution in [0.2, 0.25) is 0 Å². The van der Waals surface area contributed by atoms with Crippen LogP contribution in [0.15, 0.2) is 42.6 Å². The maximum Gasteiger partial charge on any atom is 0.231 e. The van der Waals surface area contributed by atoms with Crippen molar-refractivity contribution in [1.82, 2.24) is 9.88 Å². The third-order valence-corrected chi connectivity index (χ3v) is 9.39. The molecular weight excluding hydrogens is 448 g/mol. The number of benzene rings is 1. The first kappa shape index (κ1) is 23.5. The molecule has 36 heavy (non-hydrogen) atoms. The molecule has 190 valence electrons. The van der Waals surface area contributed by atoms with Gasteiger partial charge in [-0.2, -0.15) is 0 Å². The van der Waals surface area contributed by atoms with E-state index in [9.17, 15) is 9.59 Å². The van der Waals surface area contributed by atoms with Crippen molar-refractivity contribution in [2.24, 2.45) is 23.7 Å². The summed E-state index contributed by atoms with van der Waals surface area (Å²) in [6.07, 6.45) is 10.1. The highest BCUT2D eigenvalue weighted by molar-refractivity contribution is 5.94. The second-order valence-corrected chi connectivity index (χ2v) is 11.6. The van der Waals surface area contributed by atoms with Crippen LogP contribution in [0.25, 0.3) is 0 Å². The van der Waals surface area contributed by atoms with Gasteiger partial charge in [-0.25, -0.2) is 0 Å². The van der Waals surface area contributed by atoms with Gasteiger partial charge in [0.25, 0.3) is 0 Å². The van der Waals surface area contributed by atoms with Gasteiger partial charge in [0.1, 0.15) is 0 Å². The Kier molecular flexibility index (Phi) is 6.44. The van der Waals surface area contributed by atoms with Crippen LogP contribution >= 0.6 is 0 Å². The maximum absolute atomic E-state index is 12.9. The summed E-state index contributed by atoms with van der Waals surface area (Å²) in [5, 5.41) is 3.09. The molecule has 0 radical (unpaired) electrons. The minimum absolute atomic E-state index is 0.00515. The van der Waals surface area contributed by atoms with E-state index in [1.54, 1.807) is 6.20 Å². The van der Waals surface area contributed by atoms with Crippen LogP contribution in [-0.2, 0) is 9.59 Å². The summed E-state index contributed by atoms with van der Waals surface area (Å²) in [4.78, 5) is 34.3. The Morgan fingerprint density at radius 3 is 2.44 bits per heavy atom. The molecule has 1 aromatic heterocycles. The monoisotopic (exact) mass is 486 g/mol. The molecule has 2 aromatic rings. The third kappa shape index (κ3) is 4.74. The molecule has 6 nitrogen and oxygen atoms in total. The van der Waals surface area contributed by atoms with Gasteiger partial charge >= 0.3 is 0 Å². The number of hydrogen-bond acceptors (Lipinski definition) is 4. The highest BCUT2D eigenvalue weighted by atomic mass is 16.2. The van der Waals surface area contributed by atoms with E-state index < -0.39 is 0 Å². The number of fused-ring (bicyclic) bond motifs is 2. The Morgan fingerprint density at radius 2 is 1.78 bits per heavy atom. The Morgan fingerprint density at radius 1 is 1.00 bits per heavy atom. The van der Waals surface area contributed by atoms with E-state index in [2.05, 4.69) is 38.3 Å². The van der Waals surface area contributed by atoms with Gasteiger partial charge in [0.2, 0.25) is 11.8 Å². The predicted molar refractivity (Wildman–Crippen MR) is 142 cm³/mol. The molecule has 3 atom stereocenters. The molecule has 3 heterocycles. The van der Waals surface area contributed by atoms with Crippen LogP contribution < -0.4 is 10.2 Å². The van der Waals surface area contributed by atoms with E-state index in [0.29, 0.717) is 17.7 Å². The summed E-state index contributed by atoms with van der Waals surface area (Å²) in [6, 6.07) is 12.4. The summed E-state index contributed by atoms with van der Waals surface area (Å²) < 4.78 is 0. The van der Waals surface area contributed by atoms with E-state index >= 15 is 0 Å². The number of aromatic nitrogens is 1. The number of carbonyl (C=O) groups excluding carboxylic acids is 2. The Balaban J connectivity index is 0.953. The van der Waals surface area contributed by atoms with Crippen molar-refractivity contribution in [3.63, 3.8) is 0 Å². The van der Waals surface area contributed by atoms with Gasteiger partial charge in [0.05, 0.1) is 17.3 Å². The predicted octanol–water partition coefficient (Wildman–Crippen LogP) is 5.00. The van der Waals surface area contributed by atoms with E-state index in [4.69, 9.17) is 0 Å². The van der Waals surface area contributed by atoms with Crippen LogP contribution in [0, 0.1) is 30.6 Å². The highest BCUT2D eigenvalue weighted by Gasteiger charge is 2.41. The third-order valence-electron chi connectivity index (χ3n) is 9.39. The van der Waals surface area contributed by atoms with Crippen LogP contribution in [0.1, 0.15) is 62.1 Å². The largest absolute Gasteiger partial charge is 0.368 e. The fraction of sp³-hybridized carbons (Fsp3) is 0.567. The summed E-state index contributed by atoms with van der Waals surface area (Å²) in [6.45, 7) is 5.21. The van der Waals surface area contributed by atoms with Crippen molar-refractivity contribution in [3.05, 3.63) is 53.9 Å². The molecule has 0 spiro atoms. The Labute approximate surface area is 214 Å². The smallest absolute Gasteiger partial charge is 0.231 e. The van der Waals surface area contributed by atoms with Gasteiger partial charge in [-0.3, -0.25) is 14.6 Å². The number of aryl methyl sites for hydroxylation is 1. The van der Waals surface area contributed by atoms with E-state index in [0.717, 1.165) is 74.3 Å². The first-order valence-electron chi connectivity index (χ1n) is 13.9. The average Bonchev–Trinajstić information content (AvgIpc) is 3.48. The molecule has 2 aliphatic carbocycles. The topological polar surface area (TPSA) is 65.5 Å². The number of rotatable bonds is 6. The fourth-order valence-electron chi connectivity index (χ4n) is 7.18. The highest BCUT2D eigenvalue weighted by Crippen LogP contribution is 2.49. The lowest BCUT2D eigenvalue weighted by atomic mass is 9.85. The van der Waals surface area contributed by atoms with Gasteiger partial charge in [0.15, 0.2) is 0 Å². The lowest BCUT2D eigenvalue weighted by Gasteiger charge is -2.40. The van der Waals surface area contributed by atoms with E-state index in [1.807, 2.05) is 25.1 Å². The lowest BCUT2D eigenvalue weighted by Crippen LogP contribution is -2.52. The van der Waals surface area contributed by atoms with Crippen LogP contribution in [-0.4, -0.2) is 47.9 Å². The number of amides is 2. The van der Waals surface area contributed by atoms with Crippen molar-refractivity contribution in [2.45, 2.75) is 57.8 Å². The fourth-order valence-corrected chi connectivity index (χ4v) is 7.18. The average molecular weight is 487 g/mol. The van der Waals surface area contributed by atoms with E-state index in [-0.39, 0.29) is 11.8 Å². The van der Waals surface area contributed by atoms with Crippen molar-refractivity contribution < 1.29 is 9.59 Å². The zero-order valence-electron chi connectivity index (χ0n) is 21.4. The second-order valence-electron chi connectivity index (χ2n) is 11.6. The first-order valence-corrected chi connectivity index (χ1v) is 13.9. The molecule has 1 aromatic carbocycles. The van der Waals surface area contributed by atoms with E-state index in [1.165, 1.54) is 31.2 Å². The van der Waals surface area contributed by atoms with Gasteiger partial charge in [0, 0.05) is 44.5 Å². The molecule has 1 unspecified atom stereocenters. The quantitative estimate of drug-likeness (QED) is 0.624. The first-order chi connectivity index (χ1) is 17.5. The molecular formula is C30H38N4O2. The van der Waals surface area contributed by atoms with Crippen molar-refractivity contribution in [2.75, 3.05) is 36.4 Å². The molecule has 4 aliphatic rings. The molecule has 2 bridgehead atoms. The molecule has 4 fully saturated rings. The lowest BCUT2D eigenvalue weighted by molar-refractivity contribution is -0.133. The minimum Gasteiger partial charge on any atom is -0.368 e. The number of carbonyl (C=O) groups is 2. The number of piperidine rings is 1. The summed E-state index contributed by atoms with van der Waals surface area (Å²) in [5.74, 6) is 3.35. The molecule has 6 heteroatoms. The number of pyridine rings is 1. The van der Waals surface area contributed by atoms with Crippen molar-refractivity contribution in [3.8, 4) is 0 Å². The molecule has 2 saturated heterocycles. The van der Waals surface area contributed by atoms with Crippen LogP contribution in [0.5, 0.6) is 0 Å². The van der Waals surface area contributed by atoms with Crippen LogP contribution in [0.4, 0.5) is 11.4 Å². The zero-order valence-corrected chi connectivity index (χ0v) is 21.4. The van der Waals surface area contributed by atoms with Gasteiger partial charge in [-0.05, 0) is 92.5 Å².